The second-order valence-electron chi connectivity index (χ2n) is 6.69. The second kappa shape index (κ2) is 10.7. The summed E-state index contributed by atoms with van der Waals surface area (Å²) in [6, 6.07) is 15.8. The van der Waals surface area contributed by atoms with Gasteiger partial charge in [-0.25, -0.2) is 0 Å². The van der Waals surface area contributed by atoms with Gasteiger partial charge in [0.15, 0.2) is 0 Å². The first kappa shape index (κ1) is 23.9. The molecule has 164 valence electrons. The minimum Gasteiger partial charge on any atom is -0.468 e. The van der Waals surface area contributed by atoms with Crippen molar-refractivity contribution in [2.75, 3.05) is 18.2 Å². The quantitative estimate of drug-likeness (QED) is 0.425. The van der Waals surface area contributed by atoms with Gasteiger partial charge in [0.05, 0.1) is 29.5 Å². The molecule has 2 atom stereocenters. The zero-order chi connectivity index (χ0) is 23.3. The van der Waals surface area contributed by atoms with Crippen molar-refractivity contribution in [2.24, 2.45) is 5.92 Å². The van der Waals surface area contributed by atoms with Gasteiger partial charge in [0.1, 0.15) is 5.92 Å². The predicted molar refractivity (Wildman–Crippen MR) is 126 cm³/mol. The monoisotopic (exact) mass is 533 g/mol. The Hall–Kier alpha value is -2.80. The number of nitrogens with one attached hydrogen (secondary N) is 2. The normalized spacial score (nSPS) is 17.9. The Labute approximate surface area is 202 Å². The van der Waals surface area contributed by atoms with Crippen LogP contribution in [-0.4, -0.2) is 30.6 Å². The van der Waals surface area contributed by atoms with E-state index in [1.165, 1.54) is 7.11 Å². The van der Waals surface area contributed by atoms with Crippen LogP contribution in [0.5, 0.6) is 0 Å². The molecule has 0 fully saturated rings. The lowest BCUT2D eigenvalue weighted by atomic mass is 9.78. The molecule has 0 saturated carbocycles. The lowest BCUT2D eigenvalue weighted by Gasteiger charge is -2.31. The topological polar surface area (TPSA) is 108 Å². The first-order valence-corrected chi connectivity index (χ1v) is 11.5. The number of esters is 1. The summed E-state index contributed by atoms with van der Waals surface area (Å²) < 4.78 is 5.68. The average molecular weight is 535 g/mol. The molecule has 0 spiro atoms. The second-order valence-corrected chi connectivity index (χ2v) is 9.00. The van der Waals surface area contributed by atoms with E-state index in [-0.39, 0.29) is 22.3 Å². The van der Waals surface area contributed by atoms with E-state index in [9.17, 15) is 19.6 Å². The van der Waals surface area contributed by atoms with E-state index in [4.69, 9.17) is 16.3 Å². The SMILES string of the molecule is COC(=O)[C@H]1C(=O)NC(SCC(=O)Nc2ccc(Br)cc2)=C(C#N)[C@H]1c1ccccc1Cl. The van der Waals surface area contributed by atoms with Crippen LogP contribution in [0, 0.1) is 17.2 Å². The van der Waals surface area contributed by atoms with Gasteiger partial charge in [-0.2, -0.15) is 5.26 Å². The van der Waals surface area contributed by atoms with E-state index in [0.29, 0.717) is 16.3 Å². The molecular weight excluding hydrogens is 518 g/mol. The number of allylic oxidation sites excluding steroid dienone is 1. The maximum Gasteiger partial charge on any atom is 0.319 e. The largest absolute Gasteiger partial charge is 0.468 e. The van der Waals surface area contributed by atoms with Gasteiger partial charge in [-0.05, 0) is 35.9 Å². The van der Waals surface area contributed by atoms with Gasteiger partial charge < -0.3 is 15.4 Å². The van der Waals surface area contributed by atoms with Crippen LogP contribution < -0.4 is 10.6 Å². The number of halogens is 2. The zero-order valence-corrected chi connectivity index (χ0v) is 19.9. The lowest BCUT2D eigenvalue weighted by Crippen LogP contribution is -2.44. The molecule has 3 rings (SSSR count). The molecule has 0 unspecified atom stereocenters. The minimum atomic E-state index is -1.28. The third kappa shape index (κ3) is 5.33. The van der Waals surface area contributed by atoms with Gasteiger partial charge in [-0.3, -0.25) is 14.4 Å². The summed E-state index contributed by atoms with van der Waals surface area (Å²) in [4.78, 5) is 37.6. The molecule has 0 radical (unpaired) electrons. The van der Waals surface area contributed by atoms with Gasteiger partial charge in [-0.15, -0.1) is 0 Å². The number of carbonyl (C=O) groups is 3. The van der Waals surface area contributed by atoms with Crippen LogP contribution in [0.2, 0.25) is 5.02 Å². The molecule has 0 saturated heterocycles. The van der Waals surface area contributed by atoms with Crippen molar-refractivity contribution >= 4 is 62.8 Å². The summed E-state index contributed by atoms with van der Waals surface area (Å²) in [5.74, 6) is -4.01. The predicted octanol–water partition coefficient (Wildman–Crippen LogP) is 4.21. The molecule has 1 aliphatic rings. The van der Waals surface area contributed by atoms with Crippen LogP contribution in [0.1, 0.15) is 11.5 Å². The molecule has 2 aromatic carbocycles. The number of thioether (sulfide) groups is 1. The number of methoxy groups -OCH3 is 1. The highest BCUT2D eigenvalue weighted by atomic mass is 79.9. The molecular formula is C22H17BrClN3O4S. The van der Waals surface area contributed by atoms with Crippen LogP contribution in [-0.2, 0) is 19.1 Å². The number of hydrogen-bond donors (Lipinski definition) is 2. The number of carbonyl (C=O) groups excluding carboxylic acids is 3. The third-order valence-corrected chi connectivity index (χ3v) is 6.59. The molecule has 1 heterocycles. The summed E-state index contributed by atoms with van der Waals surface area (Å²) in [6.07, 6.45) is 0. The Morgan fingerprint density at radius 3 is 2.56 bits per heavy atom. The Morgan fingerprint density at radius 1 is 1.25 bits per heavy atom. The molecule has 2 amide bonds. The number of rotatable bonds is 6. The lowest BCUT2D eigenvalue weighted by molar-refractivity contribution is -0.150. The first-order chi connectivity index (χ1) is 15.3. The number of nitriles is 1. The van der Waals surface area contributed by atoms with Crippen molar-refractivity contribution in [2.45, 2.75) is 5.92 Å². The standard InChI is InChI=1S/C22H17BrClN3O4S/c1-31-22(30)19-18(14-4-2-3-5-16(14)24)15(10-25)21(27-20(19)29)32-11-17(28)26-13-8-6-12(23)7-9-13/h2-9,18-19H,11H2,1H3,(H,26,28)(H,27,29)/t18-,19-/m1/s1. The van der Waals surface area contributed by atoms with E-state index in [1.54, 1.807) is 48.5 Å². The highest BCUT2D eigenvalue weighted by Gasteiger charge is 2.45. The van der Waals surface area contributed by atoms with E-state index < -0.39 is 23.7 Å². The van der Waals surface area contributed by atoms with Crippen LogP contribution in [0.3, 0.4) is 0 Å². The molecule has 32 heavy (non-hydrogen) atoms. The third-order valence-electron chi connectivity index (χ3n) is 4.70. The van der Waals surface area contributed by atoms with Crippen molar-refractivity contribution in [3.05, 3.63) is 74.2 Å². The first-order valence-electron chi connectivity index (χ1n) is 9.31. The van der Waals surface area contributed by atoms with Crippen molar-refractivity contribution in [1.29, 1.82) is 5.26 Å². The fourth-order valence-corrected chi connectivity index (χ4v) is 4.62. The van der Waals surface area contributed by atoms with E-state index in [1.807, 2.05) is 0 Å². The van der Waals surface area contributed by atoms with Crippen molar-refractivity contribution in [1.82, 2.24) is 5.32 Å². The smallest absolute Gasteiger partial charge is 0.319 e. The van der Waals surface area contributed by atoms with Gasteiger partial charge in [-0.1, -0.05) is 57.5 Å². The minimum absolute atomic E-state index is 0.0605. The number of amides is 2. The average Bonchev–Trinajstić information content (AvgIpc) is 2.78. The molecule has 7 nitrogen and oxygen atoms in total. The number of anilines is 1. The molecule has 0 aliphatic carbocycles. The number of nitrogens with zero attached hydrogens (tertiary/aromatic N) is 1. The van der Waals surface area contributed by atoms with Crippen LogP contribution in [0.15, 0.2) is 63.6 Å². The molecule has 2 aromatic rings. The number of benzene rings is 2. The fraction of sp³-hybridized carbons (Fsp3) is 0.182. The van der Waals surface area contributed by atoms with Crippen molar-refractivity contribution < 1.29 is 19.1 Å². The number of hydrogen-bond acceptors (Lipinski definition) is 6. The van der Waals surface area contributed by atoms with Gasteiger partial charge >= 0.3 is 5.97 Å². The zero-order valence-electron chi connectivity index (χ0n) is 16.7. The van der Waals surface area contributed by atoms with Gasteiger partial charge in [0.25, 0.3) is 0 Å². The summed E-state index contributed by atoms with van der Waals surface area (Å²) in [6.45, 7) is 0. The molecule has 0 bridgehead atoms. The summed E-state index contributed by atoms with van der Waals surface area (Å²) in [7, 11) is 1.17. The summed E-state index contributed by atoms with van der Waals surface area (Å²) in [5.41, 5.74) is 1.20. The van der Waals surface area contributed by atoms with E-state index >= 15 is 0 Å². The molecule has 1 aliphatic heterocycles. The van der Waals surface area contributed by atoms with Gasteiger partial charge in [0.2, 0.25) is 11.8 Å². The van der Waals surface area contributed by atoms with Crippen LogP contribution in [0.4, 0.5) is 5.69 Å². The highest BCUT2D eigenvalue weighted by molar-refractivity contribution is 9.10. The van der Waals surface area contributed by atoms with Crippen molar-refractivity contribution in [3.8, 4) is 6.07 Å². The number of ether oxygens (including phenoxy) is 1. The maximum atomic E-state index is 12.8. The highest BCUT2D eigenvalue weighted by Crippen LogP contribution is 2.42. The summed E-state index contributed by atoms with van der Waals surface area (Å²) in [5, 5.41) is 15.7. The molecule has 0 aromatic heterocycles. The Kier molecular flexibility index (Phi) is 7.96. The maximum absolute atomic E-state index is 12.8. The van der Waals surface area contributed by atoms with Crippen LogP contribution in [0.25, 0.3) is 0 Å². The van der Waals surface area contributed by atoms with Crippen molar-refractivity contribution in [3.63, 3.8) is 0 Å². The summed E-state index contributed by atoms with van der Waals surface area (Å²) >= 11 is 10.7. The molecule has 2 N–H and O–H groups in total. The Bertz CT molecular complexity index is 1130. The molecule has 10 heteroatoms. The fourth-order valence-electron chi connectivity index (χ4n) is 3.25. The van der Waals surface area contributed by atoms with E-state index in [0.717, 1.165) is 16.2 Å². The Morgan fingerprint density at radius 2 is 1.94 bits per heavy atom. The van der Waals surface area contributed by atoms with Gasteiger partial charge in [0, 0.05) is 21.1 Å². The van der Waals surface area contributed by atoms with Crippen LogP contribution >= 0.6 is 39.3 Å². The van der Waals surface area contributed by atoms with E-state index in [2.05, 4.69) is 32.6 Å². The Balaban J connectivity index is 1.89.